The Morgan fingerprint density at radius 3 is 2.29 bits per heavy atom. The van der Waals surface area contributed by atoms with Gasteiger partial charge in [-0.2, -0.15) is 0 Å². The quantitative estimate of drug-likeness (QED) is 0.634. The van der Waals surface area contributed by atoms with E-state index in [1.807, 2.05) is 6.92 Å². The maximum Gasteiger partial charge on any atom is 0.336 e. The van der Waals surface area contributed by atoms with E-state index >= 15 is 0 Å². The molecule has 2 aromatic rings. The van der Waals surface area contributed by atoms with E-state index in [2.05, 4.69) is 5.32 Å². The Bertz CT molecular complexity index is 1170. The van der Waals surface area contributed by atoms with Gasteiger partial charge in [0.15, 0.2) is 0 Å². The van der Waals surface area contributed by atoms with E-state index in [4.69, 9.17) is 21.1 Å². The molecule has 0 bridgehead atoms. The van der Waals surface area contributed by atoms with Crippen molar-refractivity contribution in [2.75, 3.05) is 13.7 Å². The van der Waals surface area contributed by atoms with Crippen molar-refractivity contribution in [3.63, 3.8) is 0 Å². The Morgan fingerprint density at radius 1 is 1.06 bits per heavy atom. The molecule has 1 N–H and O–H groups in total. The van der Waals surface area contributed by atoms with Gasteiger partial charge in [0.05, 0.1) is 35.0 Å². The van der Waals surface area contributed by atoms with Gasteiger partial charge in [-0.1, -0.05) is 29.8 Å². The molecule has 1 aliphatic heterocycles. The van der Waals surface area contributed by atoms with Crippen LogP contribution in [0.3, 0.4) is 0 Å². The molecule has 31 heavy (non-hydrogen) atoms. The van der Waals surface area contributed by atoms with Crippen LogP contribution in [0, 0.1) is 0 Å². The summed E-state index contributed by atoms with van der Waals surface area (Å²) in [4.78, 5) is 12.8. The van der Waals surface area contributed by atoms with Gasteiger partial charge in [0.2, 0.25) is 9.84 Å². The number of dihydropyridines is 1. The Morgan fingerprint density at radius 2 is 1.71 bits per heavy atom. The first-order valence-electron chi connectivity index (χ1n) is 9.71. The first-order valence-corrected chi connectivity index (χ1v) is 11.6. The zero-order chi connectivity index (χ0) is 22.8. The minimum Gasteiger partial charge on any atom is -0.494 e. The average Bonchev–Trinajstić information content (AvgIpc) is 2.73. The lowest BCUT2D eigenvalue weighted by atomic mass is 9.86. The summed E-state index contributed by atoms with van der Waals surface area (Å²) in [6, 6.07) is 13.1. The van der Waals surface area contributed by atoms with Gasteiger partial charge in [-0.25, -0.2) is 13.2 Å². The Labute approximate surface area is 187 Å². The highest BCUT2D eigenvalue weighted by Crippen LogP contribution is 2.45. The van der Waals surface area contributed by atoms with Crippen LogP contribution in [0.15, 0.2) is 75.3 Å². The first-order chi connectivity index (χ1) is 14.7. The number of halogens is 1. The zero-order valence-electron chi connectivity index (χ0n) is 17.7. The molecule has 0 amide bonds. The van der Waals surface area contributed by atoms with Crippen LogP contribution < -0.4 is 10.1 Å². The maximum atomic E-state index is 13.8. The van der Waals surface area contributed by atoms with Gasteiger partial charge >= 0.3 is 5.97 Å². The standard InChI is InChI=1S/C23H24ClNO5S/c1-5-30-16-10-12-17(13-11-16)31(27,28)22-15(3)25-14(2)20(23(26)29-4)21(22)18-8-6-7-9-19(18)24/h6-13,21,25H,5H2,1-4H3. The van der Waals surface area contributed by atoms with Crippen molar-refractivity contribution in [1.29, 1.82) is 0 Å². The summed E-state index contributed by atoms with van der Waals surface area (Å²) in [6.07, 6.45) is 0. The van der Waals surface area contributed by atoms with E-state index in [-0.39, 0.29) is 15.4 Å². The lowest BCUT2D eigenvalue weighted by Crippen LogP contribution is -2.31. The summed E-state index contributed by atoms with van der Waals surface area (Å²) < 4.78 is 37.9. The molecule has 0 radical (unpaired) electrons. The number of carbonyl (C=O) groups is 1. The summed E-state index contributed by atoms with van der Waals surface area (Å²) in [7, 11) is -2.73. The van der Waals surface area contributed by atoms with E-state index in [0.717, 1.165) is 0 Å². The summed E-state index contributed by atoms with van der Waals surface area (Å²) in [6.45, 7) is 5.70. The van der Waals surface area contributed by atoms with E-state index < -0.39 is 21.7 Å². The van der Waals surface area contributed by atoms with Crippen molar-refractivity contribution in [3.05, 3.63) is 81.0 Å². The molecular formula is C23H24ClNO5S. The van der Waals surface area contributed by atoms with E-state index in [1.54, 1.807) is 50.2 Å². The third kappa shape index (κ3) is 4.34. The number of ether oxygens (including phenoxy) is 2. The molecule has 1 aliphatic rings. The summed E-state index contributed by atoms with van der Waals surface area (Å²) in [5, 5.41) is 3.39. The number of rotatable bonds is 6. The highest BCUT2D eigenvalue weighted by molar-refractivity contribution is 7.95. The van der Waals surface area contributed by atoms with Crippen LogP contribution in [0.4, 0.5) is 0 Å². The van der Waals surface area contributed by atoms with Crippen LogP contribution in [0.25, 0.3) is 0 Å². The Balaban J connectivity index is 2.23. The highest BCUT2D eigenvalue weighted by Gasteiger charge is 2.41. The first kappa shape index (κ1) is 22.9. The van der Waals surface area contributed by atoms with Crippen LogP contribution in [-0.2, 0) is 19.4 Å². The Hall–Kier alpha value is -2.77. The van der Waals surface area contributed by atoms with Gasteiger partial charge in [0.25, 0.3) is 0 Å². The zero-order valence-corrected chi connectivity index (χ0v) is 19.3. The molecule has 3 rings (SSSR count). The fourth-order valence-corrected chi connectivity index (χ4v) is 5.73. The minimum absolute atomic E-state index is 0.0516. The number of methoxy groups -OCH3 is 1. The van der Waals surface area contributed by atoms with Crippen LogP contribution >= 0.6 is 11.6 Å². The average molecular weight is 462 g/mol. The largest absolute Gasteiger partial charge is 0.494 e. The van der Waals surface area contributed by atoms with Gasteiger partial charge in [0.1, 0.15) is 5.75 Å². The van der Waals surface area contributed by atoms with Crippen LogP contribution in [0.1, 0.15) is 32.3 Å². The van der Waals surface area contributed by atoms with Crippen LogP contribution in [0.2, 0.25) is 5.02 Å². The molecule has 0 saturated carbocycles. The molecule has 1 unspecified atom stereocenters. The van der Waals surface area contributed by atoms with E-state index in [1.165, 1.54) is 19.2 Å². The lowest BCUT2D eigenvalue weighted by Gasteiger charge is -2.31. The number of nitrogens with one attached hydrogen (secondary N) is 1. The molecule has 1 heterocycles. The topological polar surface area (TPSA) is 81.7 Å². The highest BCUT2D eigenvalue weighted by atomic mass is 35.5. The summed E-state index contributed by atoms with van der Waals surface area (Å²) in [5.41, 5.74) is 1.64. The van der Waals surface area contributed by atoms with Crippen molar-refractivity contribution < 1.29 is 22.7 Å². The number of allylic oxidation sites excluding steroid dienone is 3. The molecule has 0 aliphatic carbocycles. The van der Waals surface area contributed by atoms with Crippen molar-refractivity contribution in [2.45, 2.75) is 31.6 Å². The van der Waals surface area contributed by atoms with Gasteiger partial charge in [0, 0.05) is 16.4 Å². The molecular weight excluding hydrogens is 438 g/mol. The number of esters is 1. The number of sulfone groups is 1. The predicted octanol–water partition coefficient (Wildman–Crippen LogP) is 4.58. The van der Waals surface area contributed by atoms with E-state index in [0.29, 0.717) is 34.3 Å². The summed E-state index contributed by atoms with van der Waals surface area (Å²) >= 11 is 6.45. The third-order valence-electron chi connectivity index (χ3n) is 5.06. The van der Waals surface area contributed by atoms with E-state index in [9.17, 15) is 13.2 Å². The van der Waals surface area contributed by atoms with Crippen molar-refractivity contribution in [1.82, 2.24) is 5.32 Å². The summed E-state index contributed by atoms with van der Waals surface area (Å²) in [5.74, 6) is -0.969. The second-order valence-electron chi connectivity index (χ2n) is 7.01. The smallest absolute Gasteiger partial charge is 0.336 e. The van der Waals surface area contributed by atoms with Crippen LogP contribution in [0.5, 0.6) is 5.75 Å². The number of carbonyl (C=O) groups excluding carboxylic acids is 1. The molecule has 164 valence electrons. The molecule has 8 heteroatoms. The molecule has 1 atom stereocenters. The minimum atomic E-state index is -3.99. The predicted molar refractivity (Wildman–Crippen MR) is 120 cm³/mol. The second kappa shape index (κ2) is 9.16. The number of benzene rings is 2. The van der Waals surface area contributed by atoms with Crippen molar-refractivity contribution in [2.24, 2.45) is 0 Å². The van der Waals surface area contributed by atoms with Gasteiger partial charge in [-0.05, 0) is 56.7 Å². The van der Waals surface area contributed by atoms with Crippen LogP contribution in [-0.4, -0.2) is 28.1 Å². The molecule has 0 saturated heterocycles. The SMILES string of the molecule is CCOc1ccc(S(=O)(=O)C2=C(C)NC(C)=C(C(=O)OC)C2c2ccccc2Cl)cc1. The maximum absolute atomic E-state index is 13.8. The van der Waals surface area contributed by atoms with Crippen molar-refractivity contribution in [3.8, 4) is 5.75 Å². The molecule has 0 aromatic heterocycles. The fourth-order valence-electron chi connectivity index (χ4n) is 3.73. The number of hydrogen-bond acceptors (Lipinski definition) is 6. The molecule has 2 aromatic carbocycles. The van der Waals surface area contributed by atoms with Gasteiger partial charge in [-0.15, -0.1) is 0 Å². The molecule has 6 nitrogen and oxygen atoms in total. The molecule has 0 spiro atoms. The Kier molecular flexibility index (Phi) is 6.77. The van der Waals surface area contributed by atoms with Crippen molar-refractivity contribution >= 4 is 27.4 Å². The second-order valence-corrected chi connectivity index (χ2v) is 9.33. The monoisotopic (exact) mass is 461 g/mol. The van der Waals surface area contributed by atoms with Gasteiger partial charge in [-0.3, -0.25) is 0 Å². The normalized spacial score (nSPS) is 16.7. The molecule has 0 fully saturated rings. The lowest BCUT2D eigenvalue weighted by molar-refractivity contribution is -0.136. The third-order valence-corrected chi connectivity index (χ3v) is 7.41. The number of hydrogen-bond donors (Lipinski definition) is 1. The fraction of sp³-hybridized carbons (Fsp3) is 0.261. The van der Waals surface area contributed by atoms with Gasteiger partial charge < -0.3 is 14.8 Å².